The number of ether oxygens (including phenoxy) is 2. The van der Waals surface area contributed by atoms with Crippen molar-refractivity contribution in [3.05, 3.63) is 47.8 Å². The maximum absolute atomic E-state index is 11.6. The summed E-state index contributed by atoms with van der Waals surface area (Å²) in [5.41, 5.74) is 2.22. The van der Waals surface area contributed by atoms with E-state index >= 15 is 0 Å². The number of benzene rings is 1. The third-order valence-corrected chi connectivity index (χ3v) is 5.75. The molecule has 0 bridgehead atoms. The van der Waals surface area contributed by atoms with Gasteiger partial charge in [-0.15, -0.1) is 0 Å². The molecule has 2 aliphatic heterocycles. The summed E-state index contributed by atoms with van der Waals surface area (Å²) in [6.07, 6.45) is 6.11. The third kappa shape index (κ3) is 4.36. The lowest BCUT2D eigenvalue weighted by molar-refractivity contribution is -0.120. The number of nitrogens with zero attached hydrogens (tertiary/aromatic N) is 3. The lowest BCUT2D eigenvalue weighted by Gasteiger charge is -2.40. The Balaban J connectivity index is 1.39. The summed E-state index contributed by atoms with van der Waals surface area (Å²) in [6, 6.07) is 8.33. The van der Waals surface area contributed by atoms with Crippen molar-refractivity contribution in [1.82, 2.24) is 20.0 Å². The van der Waals surface area contributed by atoms with E-state index in [2.05, 4.69) is 27.4 Å². The second-order valence-corrected chi connectivity index (χ2v) is 7.68. The first-order valence-corrected chi connectivity index (χ1v) is 9.92. The van der Waals surface area contributed by atoms with Crippen molar-refractivity contribution < 1.29 is 14.3 Å². The van der Waals surface area contributed by atoms with Gasteiger partial charge in [-0.25, -0.2) is 0 Å². The van der Waals surface area contributed by atoms with Gasteiger partial charge in [-0.2, -0.15) is 5.10 Å². The minimum absolute atomic E-state index is 0.0993. The quantitative estimate of drug-likeness (QED) is 0.852. The van der Waals surface area contributed by atoms with E-state index in [1.807, 2.05) is 23.0 Å². The molecule has 4 rings (SSSR count). The van der Waals surface area contributed by atoms with Gasteiger partial charge in [0, 0.05) is 50.6 Å². The van der Waals surface area contributed by atoms with E-state index in [0.717, 1.165) is 43.8 Å². The van der Waals surface area contributed by atoms with Crippen LogP contribution < -0.4 is 10.1 Å². The smallest absolute Gasteiger partial charge is 0.222 e. The van der Waals surface area contributed by atoms with Crippen LogP contribution in [-0.2, 0) is 22.6 Å². The molecule has 2 fully saturated rings. The number of aromatic nitrogens is 2. The molecule has 150 valence electrons. The van der Waals surface area contributed by atoms with Gasteiger partial charge in [0.2, 0.25) is 5.91 Å². The summed E-state index contributed by atoms with van der Waals surface area (Å²) in [5, 5.41) is 7.31. The molecule has 1 aromatic carbocycles. The molecule has 2 aliphatic rings. The van der Waals surface area contributed by atoms with Gasteiger partial charge in [0.1, 0.15) is 5.75 Å². The summed E-state index contributed by atoms with van der Waals surface area (Å²) >= 11 is 0. The Labute approximate surface area is 165 Å². The van der Waals surface area contributed by atoms with Crippen LogP contribution in [0.25, 0.3) is 0 Å². The summed E-state index contributed by atoms with van der Waals surface area (Å²) in [5.74, 6) is 0.988. The molecule has 1 N–H and O–H groups in total. The average molecular weight is 384 g/mol. The van der Waals surface area contributed by atoms with Crippen LogP contribution in [0.15, 0.2) is 36.7 Å². The Kier molecular flexibility index (Phi) is 5.64. The SMILES string of the molecule is COc1ccc(CN2CCC3(CC2)CNC(=O)CCO3)cc1Cn1cccn1. The van der Waals surface area contributed by atoms with Crippen LogP contribution in [0, 0.1) is 0 Å². The van der Waals surface area contributed by atoms with Crippen LogP contribution in [-0.4, -0.2) is 59.5 Å². The second-order valence-electron chi connectivity index (χ2n) is 7.68. The van der Waals surface area contributed by atoms with E-state index in [-0.39, 0.29) is 11.5 Å². The first kappa shape index (κ1) is 19.0. The number of carbonyl (C=O) groups is 1. The molecule has 1 spiro atoms. The van der Waals surface area contributed by atoms with Crippen molar-refractivity contribution in [3.8, 4) is 5.75 Å². The van der Waals surface area contributed by atoms with Crippen molar-refractivity contribution in [1.29, 1.82) is 0 Å². The Morgan fingerprint density at radius 1 is 1.29 bits per heavy atom. The number of hydrogen-bond donors (Lipinski definition) is 1. The number of rotatable bonds is 5. The molecule has 28 heavy (non-hydrogen) atoms. The first-order chi connectivity index (χ1) is 13.7. The number of piperidine rings is 1. The molecule has 2 aromatic rings. The van der Waals surface area contributed by atoms with E-state index in [1.54, 1.807) is 13.3 Å². The molecule has 3 heterocycles. The molecule has 0 radical (unpaired) electrons. The fraction of sp³-hybridized carbons (Fsp3) is 0.524. The number of amides is 1. The Morgan fingerprint density at radius 3 is 2.89 bits per heavy atom. The van der Waals surface area contributed by atoms with Crippen LogP contribution in [0.4, 0.5) is 0 Å². The van der Waals surface area contributed by atoms with Gasteiger partial charge in [-0.1, -0.05) is 6.07 Å². The lowest BCUT2D eigenvalue weighted by Crippen LogP contribution is -2.50. The van der Waals surface area contributed by atoms with Gasteiger partial charge < -0.3 is 14.8 Å². The monoisotopic (exact) mass is 384 g/mol. The first-order valence-electron chi connectivity index (χ1n) is 9.92. The van der Waals surface area contributed by atoms with Crippen molar-refractivity contribution in [2.24, 2.45) is 0 Å². The summed E-state index contributed by atoms with van der Waals surface area (Å²) in [7, 11) is 1.71. The molecule has 7 heteroatoms. The highest BCUT2D eigenvalue weighted by Gasteiger charge is 2.37. The minimum atomic E-state index is -0.187. The Hall–Kier alpha value is -2.38. The van der Waals surface area contributed by atoms with Crippen molar-refractivity contribution in [2.45, 2.75) is 38.0 Å². The maximum Gasteiger partial charge on any atom is 0.222 e. The molecule has 0 atom stereocenters. The molecule has 0 aliphatic carbocycles. The van der Waals surface area contributed by atoms with E-state index < -0.39 is 0 Å². The van der Waals surface area contributed by atoms with Crippen LogP contribution in [0.5, 0.6) is 5.75 Å². The zero-order valence-corrected chi connectivity index (χ0v) is 16.4. The zero-order valence-electron chi connectivity index (χ0n) is 16.4. The van der Waals surface area contributed by atoms with Crippen LogP contribution in [0.3, 0.4) is 0 Å². The van der Waals surface area contributed by atoms with Crippen LogP contribution >= 0.6 is 0 Å². The standard InChI is InChI=1S/C21H28N4O3/c1-27-19-4-3-17(13-18(19)15-25-9-2-8-23-25)14-24-10-6-21(7-11-24)16-22-20(26)5-12-28-21/h2-4,8-9,13H,5-7,10-12,14-16H2,1H3,(H,22,26). The topological polar surface area (TPSA) is 68.6 Å². The molecule has 7 nitrogen and oxygen atoms in total. The Bertz CT molecular complexity index is 798. The predicted octanol–water partition coefficient (Wildman–Crippen LogP) is 1.81. The van der Waals surface area contributed by atoms with Crippen molar-refractivity contribution in [3.63, 3.8) is 0 Å². The van der Waals surface area contributed by atoms with Crippen molar-refractivity contribution >= 4 is 5.91 Å². The second kappa shape index (κ2) is 8.32. The summed E-state index contributed by atoms with van der Waals surface area (Å²) < 4.78 is 13.5. The fourth-order valence-corrected chi connectivity index (χ4v) is 4.08. The van der Waals surface area contributed by atoms with Crippen LogP contribution in [0.1, 0.15) is 30.4 Å². The molecule has 0 saturated carbocycles. The zero-order chi connectivity index (χ0) is 19.4. The summed E-state index contributed by atoms with van der Waals surface area (Å²) in [4.78, 5) is 14.1. The van der Waals surface area contributed by atoms with Gasteiger partial charge >= 0.3 is 0 Å². The molecular formula is C21H28N4O3. The van der Waals surface area contributed by atoms with Gasteiger partial charge in [0.05, 0.1) is 25.9 Å². The molecular weight excluding hydrogens is 356 g/mol. The number of nitrogens with one attached hydrogen (secondary N) is 1. The maximum atomic E-state index is 11.6. The van der Waals surface area contributed by atoms with E-state index in [0.29, 0.717) is 26.1 Å². The highest BCUT2D eigenvalue weighted by atomic mass is 16.5. The summed E-state index contributed by atoms with van der Waals surface area (Å²) in [6.45, 7) is 4.70. The van der Waals surface area contributed by atoms with Crippen LogP contribution in [0.2, 0.25) is 0 Å². The number of likely N-dealkylation sites (tertiary alicyclic amines) is 1. The number of carbonyl (C=O) groups excluding carboxylic acids is 1. The number of hydrogen-bond acceptors (Lipinski definition) is 5. The van der Waals surface area contributed by atoms with E-state index in [1.165, 1.54) is 5.56 Å². The normalized spacial score (nSPS) is 20.0. The van der Waals surface area contributed by atoms with Gasteiger partial charge in [-0.3, -0.25) is 14.4 Å². The van der Waals surface area contributed by atoms with E-state index in [4.69, 9.17) is 9.47 Å². The fourth-order valence-electron chi connectivity index (χ4n) is 4.08. The molecule has 1 aromatic heterocycles. The molecule has 0 unspecified atom stereocenters. The van der Waals surface area contributed by atoms with E-state index in [9.17, 15) is 4.79 Å². The number of methoxy groups -OCH3 is 1. The lowest BCUT2D eigenvalue weighted by atomic mass is 9.90. The predicted molar refractivity (Wildman–Crippen MR) is 105 cm³/mol. The van der Waals surface area contributed by atoms with Gasteiger partial charge in [0.25, 0.3) is 0 Å². The average Bonchev–Trinajstić information content (AvgIpc) is 3.15. The minimum Gasteiger partial charge on any atom is -0.496 e. The third-order valence-electron chi connectivity index (χ3n) is 5.75. The molecule has 1 amide bonds. The Morgan fingerprint density at radius 2 is 2.14 bits per heavy atom. The molecule has 2 saturated heterocycles. The van der Waals surface area contributed by atoms with Gasteiger partial charge in [0.15, 0.2) is 0 Å². The largest absolute Gasteiger partial charge is 0.496 e. The highest BCUT2D eigenvalue weighted by Crippen LogP contribution is 2.29. The van der Waals surface area contributed by atoms with Crippen molar-refractivity contribution in [2.75, 3.05) is 33.4 Å². The highest BCUT2D eigenvalue weighted by molar-refractivity contribution is 5.76. The van der Waals surface area contributed by atoms with Gasteiger partial charge in [-0.05, 0) is 36.6 Å².